The molecule has 0 aliphatic carbocycles. The van der Waals surface area contributed by atoms with Crippen molar-refractivity contribution in [3.05, 3.63) is 0 Å². The molecule has 1 aliphatic rings. The van der Waals surface area contributed by atoms with Gasteiger partial charge in [0.1, 0.15) is 6.10 Å². The van der Waals surface area contributed by atoms with Crippen LogP contribution in [0.15, 0.2) is 0 Å². The Labute approximate surface area is 70.5 Å². The first-order valence-electron chi connectivity index (χ1n) is 3.93. The van der Waals surface area contributed by atoms with E-state index in [9.17, 15) is 5.11 Å². The van der Waals surface area contributed by atoms with Crippen molar-refractivity contribution in [2.45, 2.75) is 31.8 Å². The maximum absolute atomic E-state index is 9.26. The molecule has 1 fully saturated rings. The Balaban J connectivity index is 2.50. The van der Waals surface area contributed by atoms with Crippen LogP contribution in [0.5, 0.6) is 0 Å². The molecule has 1 heterocycles. The summed E-state index contributed by atoms with van der Waals surface area (Å²) in [7, 11) is 0. The second kappa shape index (κ2) is 4.15. The van der Waals surface area contributed by atoms with Crippen LogP contribution in [-0.4, -0.2) is 40.6 Å². The van der Waals surface area contributed by atoms with Gasteiger partial charge in [-0.05, 0) is 12.3 Å². The van der Waals surface area contributed by atoms with E-state index in [1.165, 1.54) is 0 Å². The summed E-state index contributed by atoms with van der Waals surface area (Å²) in [5, 5.41) is 26.4. The fourth-order valence-electron chi connectivity index (χ4n) is 1.36. The molecule has 0 radical (unpaired) electrons. The van der Waals surface area contributed by atoms with E-state index in [0.29, 0.717) is 6.42 Å². The van der Waals surface area contributed by atoms with E-state index >= 15 is 0 Å². The van der Waals surface area contributed by atoms with Gasteiger partial charge in [-0.2, -0.15) is 0 Å². The minimum absolute atomic E-state index is 0.0661. The van der Waals surface area contributed by atoms with Gasteiger partial charge < -0.3 is 14.9 Å². The normalized spacial score (nSPS) is 43.0. The van der Waals surface area contributed by atoms with Gasteiger partial charge in [0.05, 0.1) is 12.7 Å². The van der Waals surface area contributed by atoms with Crippen molar-refractivity contribution in [3.8, 4) is 0 Å². The van der Waals surface area contributed by atoms with Gasteiger partial charge in [-0.15, -0.1) is 0 Å². The monoisotopic (exact) mass is 178 g/mol. The van der Waals surface area contributed by atoms with E-state index in [-0.39, 0.29) is 18.6 Å². The fraction of sp³-hybridized carbons (Fsp3) is 1.00. The Morgan fingerprint density at radius 1 is 1.58 bits per heavy atom. The van der Waals surface area contributed by atoms with E-state index < -0.39 is 12.4 Å². The summed E-state index contributed by atoms with van der Waals surface area (Å²) in [5.74, 6) is 0.0661. The van der Waals surface area contributed by atoms with Gasteiger partial charge in [-0.1, -0.05) is 6.92 Å². The average Bonchev–Trinajstić information content (AvgIpc) is 2.05. The van der Waals surface area contributed by atoms with Crippen molar-refractivity contribution in [2.75, 3.05) is 6.61 Å². The summed E-state index contributed by atoms with van der Waals surface area (Å²) < 4.78 is 5.04. The predicted octanol–water partition coefficient (Wildman–Crippen LogP) is -0.420. The molecule has 0 saturated carbocycles. The summed E-state index contributed by atoms with van der Waals surface area (Å²) >= 11 is 0. The number of hydrogen-bond donors (Lipinski definition) is 3. The lowest BCUT2D eigenvalue weighted by Crippen LogP contribution is -2.45. The lowest BCUT2D eigenvalue weighted by Gasteiger charge is -2.35. The molecule has 5 nitrogen and oxygen atoms in total. The quantitative estimate of drug-likeness (QED) is 0.395. The molecule has 0 bridgehead atoms. The molecule has 4 atom stereocenters. The van der Waals surface area contributed by atoms with E-state index in [2.05, 4.69) is 4.89 Å². The molecule has 0 aromatic rings. The van der Waals surface area contributed by atoms with Crippen LogP contribution in [0.1, 0.15) is 13.3 Å². The van der Waals surface area contributed by atoms with E-state index in [1.54, 1.807) is 0 Å². The number of ether oxygens (including phenoxy) is 1. The maximum atomic E-state index is 9.26. The molecule has 2 unspecified atom stereocenters. The third-order valence-corrected chi connectivity index (χ3v) is 2.15. The second-order valence-electron chi connectivity index (χ2n) is 3.11. The van der Waals surface area contributed by atoms with Crippen LogP contribution in [0.4, 0.5) is 0 Å². The van der Waals surface area contributed by atoms with Gasteiger partial charge in [0, 0.05) is 0 Å². The summed E-state index contributed by atoms with van der Waals surface area (Å²) in [6.45, 7) is 1.73. The molecule has 3 N–H and O–H groups in total. The number of hydrogen-bond acceptors (Lipinski definition) is 5. The second-order valence-corrected chi connectivity index (χ2v) is 3.11. The topological polar surface area (TPSA) is 79.2 Å². The minimum Gasteiger partial charge on any atom is -0.394 e. The van der Waals surface area contributed by atoms with Crippen LogP contribution in [0.2, 0.25) is 0 Å². The van der Waals surface area contributed by atoms with E-state index in [0.717, 1.165) is 0 Å². The standard InChI is InChI=1S/C7H14O5/c1-4-2-5(9)7(12-10)11-6(4)3-8/h4-10H,2-3H2,1H3/t4-,5?,6?,7+/m0/s1. The first-order valence-corrected chi connectivity index (χ1v) is 3.93. The van der Waals surface area contributed by atoms with Crippen LogP contribution >= 0.6 is 0 Å². The van der Waals surface area contributed by atoms with Crippen LogP contribution in [0.25, 0.3) is 0 Å². The Morgan fingerprint density at radius 2 is 2.25 bits per heavy atom. The number of aliphatic hydroxyl groups excluding tert-OH is 2. The highest BCUT2D eigenvalue weighted by Crippen LogP contribution is 2.24. The molecule has 1 saturated heterocycles. The van der Waals surface area contributed by atoms with Gasteiger partial charge >= 0.3 is 0 Å². The predicted molar refractivity (Wildman–Crippen MR) is 39.2 cm³/mol. The lowest BCUT2D eigenvalue weighted by molar-refractivity contribution is -0.389. The van der Waals surface area contributed by atoms with Gasteiger partial charge in [0.15, 0.2) is 0 Å². The van der Waals surface area contributed by atoms with E-state index in [1.807, 2.05) is 6.92 Å². The van der Waals surface area contributed by atoms with Crippen LogP contribution in [-0.2, 0) is 9.62 Å². The molecule has 72 valence electrons. The smallest absolute Gasteiger partial charge is 0.217 e. The number of rotatable bonds is 2. The summed E-state index contributed by atoms with van der Waals surface area (Å²) in [5.41, 5.74) is 0. The van der Waals surface area contributed by atoms with Crippen LogP contribution in [0, 0.1) is 5.92 Å². The number of aliphatic hydroxyl groups is 2. The molecule has 1 aliphatic heterocycles. The lowest BCUT2D eigenvalue weighted by atomic mass is 9.94. The molecule has 0 aromatic heterocycles. The third kappa shape index (κ3) is 1.94. The first kappa shape index (κ1) is 9.88. The third-order valence-electron chi connectivity index (χ3n) is 2.15. The van der Waals surface area contributed by atoms with Crippen molar-refractivity contribution >= 4 is 0 Å². The largest absolute Gasteiger partial charge is 0.394 e. The van der Waals surface area contributed by atoms with Crippen LogP contribution < -0.4 is 0 Å². The molecule has 0 aromatic carbocycles. The molecular formula is C7H14O5. The van der Waals surface area contributed by atoms with Gasteiger partial charge in [-0.3, -0.25) is 0 Å². The summed E-state index contributed by atoms with van der Waals surface area (Å²) in [4.78, 5) is 3.90. The Kier molecular flexibility index (Phi) is 3.42. The minimum atomic E-state index is -1.03. The van der Waals surface area contributed by atoms with Crippen LogP contribution in [0.3, 0.4) is 0 Å². The van der Waals surface area contributed by atoms with Gasteiger partial charge in [-0.25, -0.2) is 10.1 Å². The highest BCUT2D eigenvalue weighted by atomic mass is 17.1. The summed E-state index contributed by atoms with van der Waals surface area (Å²) in [6, 6.07) is 0. The Hall–Kier alpha value is -0.200. The van der Waals surface area contributed by atoms with E-state index in [4.69, 9.17) is 15.1 Å². The molecule has 5 heteroatoms. The average molecular weight is 178 g/mol. The zero-order valence-corrected chi connectivity index (χ0v) is 6.88. The van der Waals surface area contributed by atoms with Crippen molar-refractivity contribution in [3.63, 3.8) is 0 Å². The van der Waals surface area contributed by atoms with Gasteiger partial charge in [0.25, 0.3) is 0 Å². The highest BCUT2D eigenvalue weighted by molar-refractivity contribution is 4.77. The fourth-order valence-corrected chi connectivity index (χ4v) is 1.36. The van der Waals surface area contributed by atoms with Crippen molar-refractivity contribution in [1.82, 2.24) is 0 Å². The first-order chi connectivity index (χ1) is 5.69. The summed E-state index contributed by atoms with van der Waals surface area (Å²) in [6.07, 6.45) is -1.77. The Bertz CT molecular complexity index is 126. The molecule has 12 heavy (non-hydrogen) atoms. The van der Waals surface area contributed by atoms with Crippen molar-refractivity contribution in [2.24, 2.45) is 5.92 Å². The van der Waals surface area contributed by atoms with Crippen molar-refractivity contribution < 1.29 is 25.1 Å². The Morgan fingerprint density at radius 3 is 2.75 bits per heavy atom. The van der Waals surface area contributed by atoms with Gasteiger partial charge in [0.2, 0.25) is 6.29 Å². The highest BCUT2D eigenvalue weighted by Gasteiger charge is 2.35. The maximum Gasteiger partial charge on any atom is 0.217 e. The SMILES string of the molecule is C[C@H]1CC(O)[C@@H](OO)OC1CO. The zero-order chi connectivity index (χ0) is 9.14. The molecule has 0 spiro atoms. The molecular weight excluding hydrogens is 164 g/mol. The molecule has 1 rings (SSSR count). The zero-order valence-electron chi connectivity index (χ0n) is 6.88. The van der Waals surface area contributed by atoms with Crippen molar-refractivity contribution in [1.29, 1.82) is 0 Å². The molecule has 0 amide bonds.